The Hall–Kier alpha value is -3.41. The van der Waals surface area contributed by atoms with Gasteiger partial charge in [-0.25, -0.2) is 0 Å². The van der Waals surface area contributed by atoms with Crippen LogP contribution in [0.4, 0.5) is 0 Å². The number of carbonyl (C=O) groups excluding carboxylic acids is 2. The summed E-state index contributed by atoms with van der Waals surface area (Å²) in [7, 11) is 0. The minimum absolute atomic E-state index is 0.0340. The molecule has 0 aliphatic heterocycles. The molecule has 2 aromatic rings. The van der Waals surface area contributed by atoms with Crippen molar-refractivity contribution < 1.29 is 19.5 Å². The van der Waals surface area contributed by atoms with E-state index in [1.165, 1.54) is 0 Å². The third-order valence-corrected chi connectivity index (χ3v) is 3.77. The van der Waals surface area contributed by atoms with Crippen LogP contribution in [0.5, 0.6) is 0 Å². The number of nitrogens with one attached hydrogen (secondary N) is 2. The number of amides is 2. The largest absolute Gasteiger partial charge is 0.481 e. The van der Waals surface area contributed by atoms with Crippen LogP contribution >= 0.6 is 0 Å². The summed E-state index contributed by atoms with van der Waals surface area (Å²) in [5.41, 5.74) is 2.33. The van der Waals surface area contributed by atoms with Crippen LogP contribution in [0, 0.1) is 6.92 Å². The third-order valence-electron chi connectivity index (χ3n) is 3.77. The molecule has 0 atom stereocenters. The maximum Gasteiger partial charge on any atom is 0.303 e. The first kappa shape index (κ1) is 19.9. The van der Waals surface area contributed by atoms with Crippen molar-refractivity contribution in [1.29, 1.82) is 0 Å². The highest BCUT2D eigenvalue weighted by molar-refractivity contribution is 6.05. The summed E-state index contributed by atoms with van der Waals surface area (Å²) in [6.45, 7) is 2.13. The lowest BCUT2D eigenvalue weighted by molar-refractivity contribution is -0.137. The minimum Gasteiger partial charge on any atom is -0.481 e. The van der Waals surface area contributed by atoms with Crippen LogP contribution in [0.25, 0.3) is 6.08 Å². The molecule has 0 bridgehead atoms. The van der Waals surface area contributed by atoms with Crippen LogP contribution in [0.2, 0.25) is 0 Å². The van der Waals surface area contributed by atoms with Gasteiger partial charge in [-0.15, -0.1) is 0 Å². The maximum atomic E-state index is 12.5. The van der Waals surface area contributed by atoms with Gasteiger partial charge in [-0.3, -0.25) is 14.4 Å². The predicted octanol–water partition coefficient (Wildman–Crippen LogP) is 2.75. The lowest BCUT2D eigenvalue weighted by Crippen LogP contribution is -2.35. The van der Waals surface area contributed by atoms with E-state index in [1.54, 1.807) is 18.2 Å². The maximum absolute atomic E-state index is 12.5. The molecular formula is C21H22N2O4. The summed E-state index contributed by atoms with van der Waals surface area (Å²) in [4.78, 5) is 35.5. The molecule has 140 valence electrons. The zero-order chi connectivity index (χ0) is 19.6. The number of carbonyl (C=O) groups is 3. The molecule has 0 fully saturated rings. The molecule has 0 aromatic heterocycles. The van der Waals surface area contributed by atoms with Gasteiger partial charge in [0.25, 0.3) is 11.8 Å². The van der Waals surface area contributed by atoms with Crippen molar-refractivity contribution in [2.24, 2.45) is 0 Å². The number of aryl methyl sites for hydroxylation is 1. The molecule has 2 aromatic carbocycles. The number of hydrogen-bond donors (Lipinski definition) is 3. The van der Waals surface area contributed by atoms with Gasteiger partial charge in [-0.2, -0.15) is 0 Å². The van der Waals surface area contributed by atoms with E-state index in [0.29, 0.717) is 12.0 Å². The molecule has 3 N–H and O–H groups in total. The van der Waals surface area contributed by atoms with Crippen molar-refractivity contribution in [3.8, 4) is 0 Å². The summed E-state index contributed by atoms with van der Waals surface area (Å²) in [6.07, 6.45) is 1.86. The molecule has 2 rings (SSSR count). The summed E-state index contributed by atoms with van der Waals surface area (Å²) in [6, 6.07) is 16.2. The van der Waals surface area contributed by atoms with Gasteiger partial charge in [-0.1, -0.05) is 48.0 Å². The molecule has 0 radical (unpaired) electrons. The van der Waals surface area contributed by atoms with Crippen molar-refractivity contribution in [3.05, 3.63) is 77.0 Å². The van der Waals surface area contributed by atoms with Crippen LogP contribution in [-0.2, 0) is 9.59 Å². The molecule has 0 aliphatic rings. The normalized spacial score (nSPS) is 10.9. The summed E-state index contributed by atoms with van der Waals surface area (Å²) >= 11 is 0. The number of carboxylic acids is 1. The molecule has 0 aliphatic carbocycles. The summed E-state index contributed by atoms with van der Waals surface area (Å²) in [5, 5.41) is 13.9. The second-order valence-electron chi connectivity index (χ2n) is 6.04. The molecule has 0 spiro atoms. The van der Waals surface area contributed by atoms with E-state index in [2.05, 4.69) is 10.6 Å². The highest BCUT2D eigenvalue weighted by Crippen LogP contribution is 2.08. The Morgan fingerprint density at radius 3 is 2.30 bits per heavy atom. The quantitative estimate of drug-likeness (QED) is 0.494. The van der Waals surface area contributed by atoms with Crippen LogP contribution in [0.15, 0.2) is 60.3 Å². The highest BCUT2D eigenvalue weighted by Gasteiger charge is 2.14. The van der Waals surface area contributed by atoms with E-state index in [-0.39, 0.29) is 18.7 Å². The van der Waals surface area contributed by atoms with E-state index in [9.17, 15) is 14.4 Å². The average Bonchev–Trinajstić information content (AvgIpc) is 2.65. The highest BCUT2D eigenvalue weighted by atomic mass is 16.4. The predicted molar refractivity (Wildman–Crippen MR) is 103 cm³/mol. The van der Waals surface area contributed by atoms with E-state index in [1.807, 2.05) is 49.4 Å². The zero-order valence-electron chi connectivity index (χ0n) is 15.1. The Kier molecular flexibility index (Phi) is 7.31. The summed E-state index contributed by atoms with van der Waals surface area (Å²) < 4.78 is 0. The molecule has 0 saturated heterocycles. The first-order valence-corrected chi connectivity index (χ1v) is 8.60. The summed E-state index contributed by atoms with van der Waals surface area (Å²) in [5.74, 6) is -1.78. The van der Waals surface area contributed by atoms with Gasteiger partial charge < -0.3 is 15.7 Å². The molecule has 0 saturated carbocycles. The topological polar surface area (TPSA) is 95.5 Å². The SMILES string of the molecule is Cc1ccc(C(=O)N/C(=C/c2ccccc2)C(=O)NCCCC(=O)O)cc1. The van der Waals surface area contributed by atoms with Gasteiger partial charge in [0.1, 0.15) is 5.70 Å². The Morgan fingerprint density at radius 1 is 1.00 bits per heavy atom. The van der Waals surface area contributed by atoms with Crippen molar-refractivity contribution in [1.82, 2.24) is 10.6 Å². The lowest BCUT2D eigenvalue weighted by atomic mass is 10.1. The van der Waals surface area contributed by atoms with E-state index in [4.69, 9.17) is 5.11 Å². The van der Waals surface area contributed by atoms with Crippen molar-refractivity contribution in [3.63, 3.8) is 0 Å². The molecule has 2 amide bonds. The van der Waals surface area contributed by atoms with E-state index >= 15 is 0 Å². The molecule has 0 heterocycles. The number of benzene rings is 2. The van der Waals surface area contributed by atoms with Crippen LogP contribution in [0.1, 0.15) is 34.3 Å². The number of carboxylic acid groups (broad SMARTS) is 1. The Balaban J connectivity index is 2.13. The monoisotopic (exact) mass is 366 g/mol. The second kappa shape index (κ2) is 9.91. The molecule has 0 unspecified atom stereocenters. The van der Waals surface area contributed by atoms with Gasteiger partial charge in [0, 0.05) is 18.5 Å². The Labute approximate surface area is 157 Å². The van der Waals surface area contributed by atoms with Crippen LogP contribution in [-0.4, -0.2) is 29.4 Å². The zero-order valence-corrected chi connectivity index (χ0v) is 15.1. The molecular weight excluding hydrogens is 344 g/mol. The molecule has 27 heavy (non-hydrogen) atoms. The van der Waals surface area contributed by atoms with E-state index < -0.39 is 17.8 Å². The lowest BCUT2D eigenvalue weighted by Gasteiger charge is -2.11. The first-order chi connectivity index (χ1) is 13.0. The molecule has 6 nitrogen and oxygen atoms in total. The van der Waals surface area contributed by atoms with Crippen LogP contribution < -0.4 is 10.6 Å². The first-order valence-electron chi connectivity index (χ1n) is 8.60. The van der Waals surface area contributed by atoms with Crippen molar-refractivity contribution in [2.45, 2.75) is 19.8 Å². The smallest absolute Gasteiger partial charge is 0.303 e. The van der Waals surface area contributed by atoms with Gasteiger partial charge in [-0.05, 0) is 37.1 Å². The third kappa shape index (κ3) is 6.78. The van der Waals surface area contributed by atoms with Crippen LogP contribution in [0.3, 0.4) is 0 Å². The fourth-order valence-corrected chi connectivity index (χ4v) is 2.31. The average molecular weight is 366 g/mol. The Bertz CT molecular complexity index is 827. The second-order valence-corrected chi connectivity index (χ2v) is 6.04. The number of aliphatic carboxylic acids is 1. The number of hydrogen-bond acceptors (Lipinski definition) is 3. The van der Waals surface area contributed by atoms with Crippen molar-refractivity contribution >= 4 is 23.9 Å². The van der Waals surface area contributed by atoms with Gasteiger partial charge in [0.15, 0.2) is 0 Å². The number of rotatable bonds is 8. The fraction of sp³-hybridized carbons (Fsp3) is 0.190. The van der Waals surface area contributed by atoms with Gasteiger partial charge >= 0.3 is 5.97 Å². The molecule has 6 heteroatoms. The van der Waals surface area contributed by atoms with E-state index in [0.717, 1.165) is 11.1 Å². The van der Waals surface area contributed by atoms with Gasteiger partial charge in [0.2, 0.25) is 0 Å². The fourth-order valence-electron chi connectivity index (χ4n) is 2.31. The Morgan fingerprint density at radius 2 is 1.67 bits per heavy atom. The van der Waals surface area contributed by atoms with Crippen molar-refractivity contribution in [2.75, 3.05) is 6.54 Å². The van der Waals surface area contributed by atoms with Gasteiger partial charge in [0.05, 0.1) is 0 Å². The minimum atomic E-state index is -0.919. The standard InChI is InChI=1S/C21H22N2O4/c1-15-9-11-17(12-10-15)20(26)23-18(14-16-6-3-2-4-7-16)21(27)22-13-5-8-19(24)25/h2-4,6-7,9-12,14H,5,8,13H2,1H3,(H,22,27)(H,23,26)(H,24,25)/b18-14+.